The Kier molecular flexibility index (Phi) is 3.78. The van der Waals surface area contributed by atoms with Gasteiger partial charge in [-0.2, -0.15) is 0 Å². The van der Waals surface area contributed by atoms with E-state index < -0.39 is 5.97 Å². The van der Waals surface area contributed by atoms with E-state index in [1.165, 1.54) is 0 Å². The lowest BCUT2D eigenvalue weighted by Gasteiger charge is -2.50. The van der Waals surface area contributed by atoms with Gasteiger partial charge in [-0.05, 0) is 31.5 Å². The van der Waals surface area contributed by atoms with Crippen LogP contribution in [0.5, 0.6) is 5.75 Å². The first-order valence-electron chi connectivity index (χ1n) is 6.28. The minimum absolute atomic E-state index is 0.224. The second kappa shape index (κ2) is 5.19. The summed E-state index contributed by atoms with van der Waals surface area (Å²) in [6, 6.07) is 7.36. The van der Waals surface area contributed by atoms with Crippen molar-refractivity contribution in [2.75, 3.05) is 19.7 Å². The third kappa shape index (κ3) is 3.24. The number of likely N-dealkylation sites (tertiary alicyclic amines) is 1. The number of nitrogens with zero attached hydrogens (tertiary/aromatic N) is 1. The summed E-state index contributed by atoms with van der Waals surface area (Å²) in [6.45, 7) is 5.18. The zero-order valence-electron chi connectivity index (χ0n) is 11.2. The zero-order valence-corrected chi connectivity index (χ0v) is 11.2. The average Bonchev–Trinajstić information content (AvgIpc) is 2.33. The molecule has 0 aliphatic carbocycles. The van der Waals surface area contributed by atoms with Gasteiger partial charge in [-0.25, -0.2) is 4.79 Å². The number of phenols is 1. The van der Waals surface area contributed by atoms with Gasteiger partial charge in [0.15, 0.2) is 0 Å². The van der Waals surface area contributed by atoms with Crippen LogP contribution in [0.4, 0.5) is 0 Å². The van der Waals surface area contributed by atoms with Gasteiger partial charge >= 0.3 is 5.97 Å². The van der Waals surface area contributed by atoms with E-state index in [4.69, 9.17) is 9.84 Å². The number of carbonyl (C=O) groups is 1. The topological polar surface area (TPSA) is 70.0 Å². The minimum atomic E-state index is -0.939. The van der Waals surface area contributed by atoms with E-state index >= 15 is 0 Å². The Morgan fingerprint density at radius 2 is 2.00 bits per heavy atom. The van der Waals surface area contributed by atoms with Gasteiger partial charge in [0.1, 0.15) is 12.4 Å². The van der Waals surface area contributed by atoms with Crippen molar-refractivity contribution in [3.05, 3.63) is 29.8 Å². The van der Waals surface area contributed by atoms with Crippen LogP contribution in [-0.2, 0) is 9.53 Å². The molecule has 1 aromatic rings. The van der Waals surface area contributed by atoms with Gasteiger partial charge in [-0.15, -0.1) is 0 Å². The summed E-state index contributed by atoms with van der Waals surface area (Å²) < 4.78 is 5.38. The standard InChI is InChI=1S/C14H19NO4/c1-10(11-3-5-12(16)6-4-11)15-8-14(2,9-15)19-7-13(17)18/h3-6,10,16H,7-9H2,1-2H3,(H,17,18). The quantitative estimate of drug-likeness (QED) is 0.846. The van der Waals surface area contributed by atoms with Crippen LogP contribution in [0, 0.1) is 0 Å². The number of benzene rings is 1. The lowest BCUT2D eigenvalue weighted by Crippen LogP contribution is -2.62. The van der Waals surface area contributed by atoms with E-state index in [0.717, 1.165) is 5.56 Å². The highest BCUT2D eigenvalue weighted by Gasteiger charge is 2.42. The van der Waals surface area contributed by atoms with Gasteiger partial charge in [-0.1, -0.05) is 12.1 Å². The molecule has 1 atom stereocenters. The van der Waals surface area contributed by atoms with E-state index in [1.54, 1.807) is 12.1 Å². The molecule has 19 heavy (non-hydrogen) atoms. The van der Waals surface area contributed by atoms with Gasteiger partial charge in [0.25, 0.3) is 0 Å². The molecule has 0 aromatic heterocycles. The number of rotatable bonds is 5. The maximum atomic E-state index is 10.5. The Labute approximate surface area is 112 Å². The molecule has 1 unspecified atom stereocenters. The maximum absolute atomic E-state index is 10.5. The lowest BCUT2D eigenvalue weighted by molar-refractivity contribution is -0.169. The van der Waals surface area contributed by atoms with Gasteiger partial charge < -0.3 is 14.9 Å². The summed E-state index contributed by atoms with van der Waals surface area (Å²) in [5.74, 6) is -0.680. The van der Waals surface area contributed by atoms with Crippen molar-refractivity contribution in [3.63, 3.8) is 0 Å². The third-order valence-corrected chi connectivity index (χ3v) is 3.54. The number of carboxylic acids is 1. The highest BCUT2D eigenvalue weighted by atomic mass is 16.5. The summed E-state index contributed by atoms with van der Waals surface area (Å²) in [7, 11) is 0. The average molecular weight is 265 g/mol. The molecule has 0 saturated carbocycles. The number of aromatic hydroxyl groups is 1. The van der Waals surface area contributed by atoms with Crippen molar-refractivity contribution in [1.29, 1.82) is 0 Å². The van der Waals surface area contributed by atoms with E-state index in [1.807, 2.05) is 19.1 Å². The molecule has 0 bridgehead atoms. The van der Waals surface area contributed by atoms with Crippen LogP contribution in [0.15, 0.2) is 24.3 Å². The molecule has 104 valence electrons. The predicted molar refractivity (Wildman–Crippen MR) is 70.1 cm³/mol. The smallest absolute Gasteiger partial charge is 0.329 e. The summed E-state index contributed by atoms with van der Waals surface area (Å²) in [4.78, 5) is 12.7. The van der Waals surface area contributed by atoms with Crippen molar-refractivity contribution < 1.29 is 19.7 Å². The van der Waals surface area contributed by atoms with Crippen LogP contribution in [0.1, 0.15) is 25.5 Å². The predicted octanol–water partition coefficient (Wildman–Crippen LogP) is 1.63. The van der Waals surface area contributed by atoms with Crippen LogP contribution in [0.2, 0.25) is 0 Å². The van der Waals surface area contributed by atoms with Gasteiger partial charge in [-0.3, -0.25) is 4.90 Å². The molecule has 1 aliphatic heterocycles. The van der Waals surface area contributed by atoms with Crippen LogP contribution in [-0.4, -0.2) is 46.4 Å². The molecule has 5 heteroatoms. The summed E-state index contributed by atoms with van der Waals surface area (Å²) in [6.07, 6.45) is 0. The van der Waals surface area contributed by atoms with Crippen molar-refractivity contribution >= 4 is 5.97 Å². The third-order valence-electron chi connectivity index (χ3n) is 3.54. The van der Waals surface area contributed by atoms with Crippen LogP contribution in [0.25, 0.3) is 0 Å². The Bertz CT molecular complexity index is 451. The minimum Gasteiger partial charge on any atom is -0.508 e. The van der Waals surface area contributed by atoms with Crippen molar-refractivity contribution in [1.82, 2.24) is 4.90 Å². The highest BCUT2D eigenvalue weighted by Crippen LogP contribution is 2.33. The van der Waals surface area contributed by atoms with Crippen LogP contribution < -0.4 is 0 Å². The number of hydrogen-bond acceptors (Lipinski definition) is 4. The zero-order chi connectivity index (χ0) is 14.0. The normalized spacial score (nSPS) is 19.7. The Hall–Kier alpha value is -1.59. The Morgan fingerprint density at radius 3 is 2.53 bits per heavy atom. The van der Waals surface area contributed by atoms with Gasteiger partial charge in [0.05, 0.1) is 5.60 Å². The molecule has 0 amide bonds. The van der Waals surface area contributed by atoms with Crippen LogP contribution in [0.3, 0.4) is 0 Å². The van der Waals surface area contributed by atoms with E-state index in [2.05, 4.69) is 11.8 Å². The number of phenolic OH excluding ortho intramolecular Hbond substituents is 1. The molecule has 1 heterocycles. The molecule has 0 radical (unpaired) electrons. The van der Waals surface area contributed by atoms with Crippen LogP contribution >= 0.6 is 0 Å². The Balaban J connectivity index is 1.89. The monoisotopic (exact) mass is 265 g/mol. The fraction of sp³-hybridized carbons (Fsp3) is 0.500. The van der Waals surface area contributed by atoms with Crippen molar-refractivity contribution in [2.45, 2.75) is 25.5 Å². The number of ether oxygens (including phenoxy) is 1. The largest absolute Gasteiger partial charge is 0.508 e. The molecular formula is C14H19NO4. The van der Waals surface area contributed by atoms with Gasteiger partial charge in [0, 0.05) is 19.1 Å². The highest BCUT2D eigenvalue weighted by molar-refractivity contribution is 5.68. The molecule has 1 fully saturated rings. The van der Waals surface area contributed by atoms with E-state index in [0.29, 0.717) is 13.1 Å². The summed E-state index contributed by atoms with van der Waals surface area (Å²) >= 11 is 0. The molecule has 2 N–H and O–H groups in total. The maximum Gasteiger partial charge on any atom is 0.329 e. The molecule has 2 rings (SSSR count). The summed E-state index contributed by atoms with van der Waals surface area (Å²) in [5.41, 5.74) is 0.752. The first-order chi connectivity index (χ1) is 8.89. The molecule has 1 aliphatic rings. The molecule has 1 aromatic carbocycles. The van der Waals surface area contributed by atoms with Crippen molar-refractivity contribution in [2.24, 2.45) is 0 Å². The second-order valence-corrected chi connectivity index (χ2v) is 5.30. The van der Waals surface area contributed by atoms with E-state index in [-0.39, 0.29) is 24.0 Å². The second-order valence-electron chi connectivity index (χ2n) is 5.30. The number of aliphatic carboxylic acids is 1. The van der Waals surface area contributed by atoms with Gasteiger partial charge in [0.2, 0.25) is 0 Å². The number of hydrogen-bond donors (Lipinski definition) is 2. The SMILES string of the molecule is CC(c1ccc(O)cc1)N1CC(C)(OCC(=O)O)C1. The first kappa shape index (κ1) is 13.8. The lowest BCUT2D eigenvalue weighted by atomic mass is 9.92. The van der Waals surface area contributed by atoms with Crippen molar-refractivity contribution in [3.8, 4) is 5.75 Å². The Morgan fingerprint density at radius 1 is 1.42 bits per heavy atom. The molecule has 0 spiro atoms. The fourth-order valence-corrected chi connectivity index (χ4v) is 2.38. The van der Waals surface area contributed by atoms with E-state index in [9.17, 15) is 9.90 Å². The first-order valence-corrected chi connectivity index (χ1v) is 6.28. The molecular weight excluding hydrogens is 246 g/mol. The fourth-order valence-electron chi connectivity index (χ4n) is 2.38. The molecule has 5 nitrogen and oxygen atoms in total. The molecule has 1 saturated heterocycles. The number of carboxylic acid groups (broad SMARTS) is 1. The summed E-state index contributed by atoms with van der Waals surface area (Å²) in [5, 5.41) is 17.9.